The number of methoxy groups -OCH3 is 2. The van der Waals surface area contributed by atoms with Gasteiger partial charge in [-0.1, -0.05) is 6.07 Å². The minimum Gasteiger partial charge on any atom is -0.496 e. The van der Waals surface area contributed by atoms with Crippen molar-refractivity contribution in [2.45, 2.75) is 19.3 Å². The van der Waals surface area contributed by atoms with Gasteiger partial charge >= 0.3 is 5.97 Å². The summed E-state index contributed by atoms with van der Waals surface area (Å²) in [6.07, 6.45) is 3.72. The Bertz CT molecular complexity index is 394. The molecule has 1 aromatic carbocycles. The molecular formula is C13H16O3. The normalized spacial score (nSPS) is 14.6. The van der Waals surface area contributed by atoms with Gasteiger partial charge in [-0.15, -0.1) is 0 Å². The molecule has 0 radical (unpaired) electrons. The number of carbonyl (C=O) groups is 1. The molecule has 0 aliphatic heterocycles. The lowest BCUT2D eigenvalue weighted by atomic mass is 10.1. The van der Waals surface area contributed by atoms with Gasteiger partial charge < -0.3 is 9.47 Å². The minimum atomic E-state index is -0.352. The molecular weight excluding hydrogens is 204 g/mol. The number of ether oxygens (including phenoxy) is 2. The first kappa shape index (κ1) is 11.0. The van der Waals surface area contributed by atoms with Crippen molar-refractivity contribution in [1.29, 1.82) is 0 Å². The highest BCUT2D eigenvalue weighted by atomic mass is 16.5. The van der Waals surface area contributed by atoms with Gasteiger partial charge in [0, 0.05) is 0 Å². The van der Waals surface area contributed by atoms with E-state index in [2.05, 4.69) is 0 Å². The van der Waals surface area contributed by atoms with Crippen LogP contribution in [0.25, 0.3) is 0 Å². The van der Waals surface area contributed by atoms with Crippen molar-refractivity contribution in [3.63, 3.8) is 0 Å². The quantitative estimate of drug-likeness (QED) is 0.731. The molecule has 1 saturated carbocycles. The van der Waals surface area contributed by atoms with Gasteiger partial charge in [0.2, 0.25) is 0 Å². The fourth-order valence-corrected chi connectivity index (χ4v) is 1.80. The Kier molecular flexibility index (Phi) is 3.13. The summed E-state index contributed by atoms with van der Waals surface area (Å²) in [4.78, 5) is 11.4. The lowest BCUT2D eigenvalue weighted by molar-refractivity contribution is 0.0597. The van der Waals surface area contributed by atoms with Gasteiger partial charge in [0.25, 0.3) is 0 Å². The second-order valence-electron chi connectivity index (χ2n) is 4.17. The van der Waals surface area contributed by atoms with E-state index in [-0.39, 0.29) is 5.97 Å². The van der Waals surface area contributed by atoms with E-state index in [4.69, 9.17) is 9.47 Å². The van der Waals surface area contributed by atoms with E-state index >= 15 is 0 Å². The minimum absolute atomic E-state index is 0.352. The van der Waals surface area contributed by atoms with E-state index in [1.807, 2.05) is 12.1 Å². The molecule has 0 bridgehead atoms. The maximum Gasteiger partial charge on any atom is 0.341 e. The highest BCUT2D eigenvalue weighted by molar-refractivity contribution is 5.92. The monoisotopic (exact) mass is 220 g/mol. The highest BCUT2D eigenvalue weighted by Crippen LogP contribution is 2.33. The van der Waals surface area contributed by atoms with E-state index in [1.165, 1.54) is 25.5 Å². The van der Waals surface area contributed by atoms with Crippen LogP contribution in [-0.2, 0) is 11.2 Å². The van der Waals surface area contributed by atoms with Gasteiger partial charge in [-0.25, -0.2) is 4.79 Å². The Hall–Kier alpha value is -1.51. The third-order valence-electron chi connectivity index (χ3n) is 2.89. The van der Waals surface area contributed by atoms with Gasteiger partial charge in [-0.2, -0.15) is 0 Å². The van der Waals surface area contributed by atoms with Gasteiger partial charge in [-0.3, -0.25) is 0 Å². The van der Waals surface area contributed by atoms with Crippen LogP contribution in [0.4, 0.5) is 0 Å². The first-order valence-corrected chi connectivity index (χ1v) is 5.50. The summed E-state index contributed by atoms with van der Waals surface area (Å²) >= 11 is 0. The van der Waals surface area contributed by atoms with Crippen molar-refractivity contribution in [1.82, 2.24) is 0 Å². The van der Waals surface area contributed by atoms with Gasteiger partial charge in [0.1, 0.15) is 11.3 Å². The molecule has 86 valence electrons. The summed E-state index contributed by atoms with van der Waals surface area (Å²) in [5.41, 5.74) is 1.72. The Labute approximate surface area is 95.4 Å². The molecule has 0 aromatic heterocycles. The zero-order valence-corrected chi connectivity index (χ0v) is 9.66. The first-order valence-electron chi connectivity index (χ1n) is 5.50. The summed E-state index contributed by atoms with van der Waals surface area (Å²) in [7, 11) is 2.95. The Morgan fingerprint density at radius 1 is 1.38 bits per heavy atom. The standard InChI is InChI=1S/C13H16O3/c1-15-12-8-10(7-9-3-4-9)5-6-11(12)13(14)16-2/h5-6,8-9H,3-4,7H2,1-2H3. The van der Waals surface area contributed by atoms with Crippen LogP contribution in [-0.4, -0.2) is 20.2 Å². The molecule has 0 N–H and O–H groups in total. The molecule has 2 rings (SSSR count). The maximum atomic E-state index is 11.4. The van der Waals surface area contributed by atoms with Crippen LogP contribution in [0.5, 0.6) is 5.75 Å². The number of rotatable bonds is 4. The van der Waals surface area contributed by atoms with E-state index in [9.17, 15) is 4.79 Å². The first-order chi connectivity index (χ1) is 7.74. The summed E-state index contributed by atoms with van der Waals surface area (Å²) in [6, 6.07) is 5.69. The number of esters is 1. The van der Waals surface area contributed by atoms with Crippen molar-refractivity contribution >= 4 is 5.97 Å². The van der Waals surface area contributed by atoms with Gasteiger partial charge in [0.15, 0.2) is 0 Å². The molecule has 0 heterocycles. The van der Waals surface area contributed by atoms with E-state index in [0.717, 1.165) is 12.3 Å². The fourth-order valence-electron chi connectivity index (χ4n) is 1.80. The van der Waals surface area contributed by atoms with E-state index < -0.39 is 0 Å². The van der Waals surface area contributed by atoms with Crippen molar-refractivity contribution < 1.29 is 14.3 Å². The third kappa shape index (κ3) is 2.35. The van der Waals surface area contributed by atoms with E-state index in [0.29, 0.717) is 11.3 Å². The largest absolute Gasteiger partial charge is 0.496 e. The summed E-state index contributed by atoms with van der Waals surface area (Å²) in [5.74, 6) is 1.08. The van der Waals surface area contributed by atoms with Gasteiger partial charge in [-0.05, 0) is 42.9 Å². The Balaban J connectivity index is 2.22. The average molecular weight is 220 g/mol. The van der Waals surface area contributed by atoms with E-state index in [1.54, 1.807) is 13.2 Å². The lowest BCUT2D eigenvalue weighted by Crippen LogP contribution is -2.04. The Morgan fingerprint density at radius 2 is 2.12 bits per heavy atom. The van der Waals surface area contributed by atoms with Crippen LogP contribution >= 0.6 is 0 Å². The zero-order chi connectivity index (χ0) is 11.5. The molecule has 3 nitrogen and oxygen atoms in total. The molecule has 3 heteroatoms. The third-order valence-corrected chi connectivity index (χ3v) is 2.89. The maximum absolute atomic E-state index is 11.4. The number of hydrogen-bond acceptors (Lipinski definition) is 3. The summed E-state index contributed by atoms with van der Waals surface area (Å²) < 4.78 is 9.90. The second-order valence-corrected chi connectivity index (χ2v) is 4.17. The molecule has 0 amide bonds. The smallest absolute Gasteiger partial charge is 0.341 e. The van der Waals surface area contributed by atoms with Crippen LogP contribution in [0.15, 0.2) is 18.2 Å². The number of hydrogen-bond donors (Lipinski definition) is 0. The molecule has 0 atom stereocenters. The van der Waals surface area contributed by atoms with Crippen LogP contribution in [0.1, 0.15) is 28.8 Å². The molecule has 0 saturated heterocycles. The van der Waals surface area contributed by atoms with Crippen LogP contribution in [0.2, 0.25) is 0 Å². The van der Waals surface area contributed by atoms with Crippen LogP contribution in [0, 0.1) is 5.92 Å². The molecule has 16 heavy (non-hydrogen) atoms. The van der Waals surface area contributed by atoms with Crippen molar-refractivity contribution in [3.05, 3.63) is 29.3 Å². The number of carbonyl (C=O) groups excluding carboxylic acids is 1. The van der Waals surface area contributed by atoms with Crippen LogP contribution in [0.3, 0.4) is 0 Å². The summed E-state index contributed by atoms with van der Waals surface area (Å²) in [5, 5.41) is 0. The molecule has 1 fully saturated rings. The zero-order valence-electron chi connectivity index (χ0n) is 9.66. The van der Waals surface area contributed by atoms with Gasteiger partial charge in [0.05, 0.1) is 14.2 Å². The fraction of sp³-hybridized carbons (Fsp3) is 0.462. The average Bonchev–Trinajstić information content (AvgIpc) is 3.11. The predicted octanol–water partition coefficient (Wildman–Crippen LogP) is 2.43. The summed E-state index contributed by atoms with van der Waals surface area (Å²) in [6.45, 7) is 0. The molecule has 1 aliphatic carbocycles. The second kappa shape index (κ2) is 4.56. The predicted molar refractivity (Wildman–Crippen MR) is 60.8 cm³/mol. The number of benzene rings is 1. The Morgan fingerprint density at radius 3 is 2.69 bits per heavy atom. The topological polar surface area (TPSA) is 35.5 Å². The molecule has 1 aromatic rings. The lowest BCUT2D eigenvalue weighted by Gasteiger charge is -2.08. The molecule has 0 unspecified atom stereocenters. The highest BCUT2D eigenvalue weighted by Gasteiger charge is 2.22. The van der Waals surface area contributed by atoms with Crippen LogP contribution < -0.4 is 4.74 Å². The van der Waals surface area contributed by atoms with Crippen molar-refractivity contribution in [2.75, 3.05) is 14.2 Å². The van der Waals surface area contributed by atoms with Crippen molar-refractivity contribution in [3.8, 4) is 5.75 Å². The van der Waals surface area contributed by atoms with Crippen molar-refractivity contribution in [2.24, 2.45) is 5.92 Å². The molecule has 0 spiro atoms. The SMILES string of the molecule is COC(=O)c1ccc(CC2CC2)cc1OC. The molecule has 1 aliphatic rings.